The van der Waals surface area contributed by atoms with Crippen LogP contribution in [-0.2, 0) is 21.2 Å². The number of primary sulfonamides is 1. The van der Waals surface area contributed by atoms with Gasteiger partial charge in [0.05, 0.1) is 22.7 Å². The third-order valence-electron chi connectivity index (χ3n) is 4.17. The molecule has 0 radical (unpaired) electrons. The number of amides is 2. The third kappa shape index (κ3) is 5.66. The first-order chi connectivity index (χ1) is 14.2. The maximum Gasteiger partial charge on any atom is 0.255 e. The highest BCUT2D eigenvalue weighted by Crippen LogP contribution is 2.22. The summed E-state index contributed by atoms with van der Waals surface area (Å²) in [6.07, 6.45) is 0.0182. The molecule has 3 aromatic carbocycles. The van der Waals surface area contributed by atoms with Crippen LogP contribution in [0.5, 0.6) is 0 Å². The topological polar surface area (TPSA) is 118 Å². The lowest BCUT2D eigenvalue weighted by molar-refractivity contribution is -0.115. The van der Waals surface area contributed by atoms with E-state index in [0.29, 0.717) is 27.5 Å². The average molecular weight is 444 g/mol. The molecular formula is C21H18ClN3O4S. The summed E-state index contributed by atoms with van der Waals surface area (Å²) in [6, 6.07) is 19.0. The van der Waals surface area contributed by atoms with Crippen LogP contribution in [0.2, 0.25) is 5.02 Å². The number of hydrogen-bond donors (Lipinski definition) is 3. The van der Waals surface area contributed by atoms with E-state index in [9.17, 15) is 18.0 Å². The van der Waals surface area contributed by atoms with Crippen molar-refractivity contribution in [3.8, 4) is 0 Å². The number of nitrogens with two attached hydrogens (primary N) is 1. The van der Waals surface area contributed by atoms with Crippen molar-refractivity contribution in [2.24, 2.45) is 5.14 Å². The second-order valence-corrected chi connectivity index (χ2v) is 8.42. The Morgan fingerprint density at radius 3 is 1.97 bits per heavy atom. The van der Waals surface area contributed by atoms with Crippen molar-refractivity contribution < 1.29 is 18.0 Å². The van der Waals surface area contributed by atoms with Gasteiger partial charge in [0.15, 0.2) is 0 Å². The predicted molar refractivity (Wildman–Crippen MR) is 116 cm³/mol. The molecule has 0 aliphatic heterocycles. The summed E-state index contributed by atoms with van der Waals surface area (Å²) in [4.78, 5) is 24.8. The van der Waals surface area contributed by atoms with Gasteiger partial charge in [0.25, 0.3) is 5.91 Å². The van der Waals surface area contributed by atoms with Crippen LogP contribution in [0.3, 0.4) is 0 Å². The minimum absolute atomic E-state index is 0.0182. The van der Waals surface area contributed by atoms with Gasteiger partial charge < -0.3 is 10.6 Å². The van der Waals surface area contributed by atoms with Gasteiger partial charge in [-0.05, 0) is 54.1 Å². The molecule has 7 nitrogen and oxygen atoms in total. The molecule has 0 aliphatic rings. The van der Waals surface area contributed by atoms with Crippen molar-refractivity contribution in [1.29, 1.82) is 0 Å². The molecular weight excluding hydrogens is 426 g/mol. The summed E-state index contributed by atoms with van der Waals surface area (Å²) in [6.45, 7) is 0. The van der Waals surface area contributed by atoms with Crippen molar-refractivity contribution in [2.45, 2.75) is 11.3 Å². The molecule has 9 heteroatoms. The maximum atomic E-state index is 12.4. The molecule has 0 bridgehead atoms. The molecule has 0 spiro atoms. The van der Waals surface area contributed by atoms with E-state index >= 15 is 0 Å². The second-order valence-electron chi connectivity index (χ2n) is 6.42. The number of nitrogens with one attached hydrogen (secondary N) is 2. The van der Waals surface area contributed by atoms with Gasteiger partial charge in [0.2, 0.25) is 15.9 Å². The summed E-state index contributed by atoms with van der Waals surface area (Å²) >= 11 is 5.84. The van der Waals surface area contributed by atoms with Gasteiger partial charge >= 0.3 is 0 Å². The maximum absolute atomic E-state index is 12.4. The first-order valence-electron chi connectivity index (χ1n) is 8.80. The van der Waals surface area contributed by atoms with E-state index in [1.165, 1.54) is 24.3 Å². The highest BCUT2D eigenvalue weighted by molar-refractivity contribution is 7.89. The minimum atomic E-state index is -3.79. The quantitative estimate of drug-likeness (QED) is 0.540. The van der Waals surface area contributed by atoms with Crippen molar-refractivity contribution in [1.82, 2.24) is 0 Å². The summed E-state index contributed by atoms with van der Waals surface area (Å²) in [5.41, 5.74) is 1.92. The Morgan fingerprint density at radius 1 is 0.833 bits per heavy atom. The summed E-state index contributed by atoms with van der Waals surface area (Å²) in [5, 5.41) is 11.1. The largest absolute Gasteiger partial charge is 0.324 e. The van der Waals surface area contributed by atoms with E-state index in [-0.39, 0.29) is 23.1 Å². The van der Waals surface area contributed by atoms with Crippen LogP contribution in [0.1, 0.15) is 15.9 Å². The van der Waals surface area contributed by atoms with Gasteiger partial charge in [0.1, 0.15) is 0 Å². The van der Waals surface area contributed by atoms with Gasteiger partial charge in [-0.2, -0.15) is 0 Å². The lowest BCUT2D eigenvalue weighted by Crippen LogP contribution is -2.18. The second kappa shape index (κ2) is 9.08. The number of carbonyl (C=O) groups excluding carboxylic acids is 2. The van der Waals surface area contributed by atoms with Crippen LogP contribution in [0.4, 0.5) is 11.4 Å². The Bertz CT molecular complexity index is 1180. The molecule has 0 aromatic heterocycles. The zero-order valence-electron chi connectivity index (χ0n) is 15.6. The molecule has 0 aliphatic carbocycles. The van der Waals surface area contributed by atoms with E-state index in [2.05, 4.69) is 10.6 Å². The van der Waals surface area contributed by atoms with E-state index in [0.717, 1.165) is 0 Å². The number of anilines is 2. The van der Waals surface area contributed by atoms with Gasteiger partial charge in [-0.1, -0.05) is 35.9 Å². The number of sulfonamides is 1. The lowest BCUT2D eigenvalue weighted by atomic mass is 10.1. The standard InChI is InChI=1S/C21H18ClN3O4S/c22-16-9-7-15(8-10-16)21(27)25-19-4-2-1-3-18(19)24-20(26)13-14-5-11-17(12-6-14)30(23,28)29/h1-12H,13H2,(H,24,26)(H,25,27)(H2,23,28,29). The van der Waals surface area contributed by atoms with Crippen LogP contribution in [-0.4, -0.2) is 20.2 Å². The van der Waals surface area contributed by atoms with Crippen molar-refractivity contribution in [2.75, 3.05) is 10.6 Å². The van der Waals surface area contributed by atoms with Crippen molar-refractivity contribution in [3.63, 3.8) is 0 Å². The fourth-order valence-electron chi connectivity index (χ4n) is 2.67. The molecule has 154 valence electrons. The first kappa shape index (κ1) is 21.5. The predicted octanol–water partition coefficient (Wildman–Crippen LogP) is 3.42. The van der Waals surface area contributed by atoms with Crippen LogP contribution in [0.15, 0.2) is 77.7 Å². The SMILES string of the molecule is NS(=O)(=O)c1ccc(CC(=O)Nc2ccccc2NC(=O)c2ccc(Cl)cc2)cc1. The highest BCUT2D eigenvalue weighted by Gasteiger charge is 2.12. The number of carbonyl (C=O) groups is 2. The van der Waals surface area contributed by atoms with Crippen LogP contribution >= 0.6 is 11.6 Å². The van der Waals surface area contributed by atoms with Crippen LogP contribution in [0.25, 0.3) is 0 Å². The number of benzene rings is 3. The number of halogens is 1. The first-order valence-corrected chi connectivity index (χ1v) is 10.7. The summed E-state index contributed by atoms with van der Waals surface area (Å²) in [5.74, 6) is -0.668. The lowest BCUT2D eigenvalue weighted by Gasteiger charge is -2.12. The monoisotopic (exact) mass is 443 g/mol. The van der Waals surface area contributed by atoms with E-state index < -0.39 is 10.0 Å². The minimum Gasteiger partial charge on any atom is -0.324 e. The summed E-state index contributed by atoms with van der Waals surface area (Å²) in [7, 11) is -3.79. The zero-order valence-corrected chi connectivity index (χ0v) is 17.2. The molecule has 3 aromatic rings. The molecule has 0 atom stereocenters. The highest BCUT2D eigenvalue weighted by atomic mass is 35.5. The third-order valence-corrected chi connectivity index (χ3v) is 5.35. The fourth-order valence-corrected chi connectivity index (χ4v) is 3.32. The fraction of sp³-hybridized carbons (Fsp3) is 0.0476. The van der Waals surface area contributed by atoms with Crippen LogP contribution in [0, 0.1) is 0 Å². The van der Waals surface area contributed by atoms with Crippen LogP contribution < -0.4 is 15.8 Å². The number of rotatable bonds is 6. The van der Waals surface area contributed by atoms with Gasteiger partial charge in [-0.25, -0.2) is 13.6 Å². The smallest absolute Gasteiger partial charge is 0.255 e. The molecule has 2 amide bonds. The molecule has 0 saturated heterocycles. The van der Waals surface area contributed by atoms with Crippen molar-refractivity contribution in [3.05, 3.63) is 88.9 Å². The van der Waals surface area contributed by atoms with E-state index in [4.69, 9.17) is 16.7 Å². The van der Waals surface area contributed by atoms with E-state index in [1.54, 1.807) is 48.5 Å². The van der Waals surface area contributed by atoms with E-state index in [1.807, 2.05) is 0 Å². The van der Waals surface area contributed by atoms with Gasteiger partial charge in [-0.15, -0.1) is 0 Å². The molecule has 0 unspecified atom stereocenters. The molecule has 4 N–H and O–H groups in total. The molecule has 0 fully saturated rings. The molecule has 0 saturated carbocycles. The van der Waals surface area contributed by atoms with Gasteiger partial charge in [-0.3, -0.25) is 9.59 Å². The summed E-state index contributed by atoms with van der Waals surface area (Å²) < 4.78 is 22.6. The molecule has 3 rings (SSSR count). The normalized spacial score (nSPS) is 11.0. The van der Waals surface area contributed by atoms with Crippen molar-refractivity contribution >= 4 is 44.8 Å². The Kier molecular flexibility index (Phi) is 6.51. The molecule has 0 heterocycles. The average Bonchev–Trinajstić information content (AvgIpc) is 2.69. The zero-order chi connectivity index (χ0) is 21.7. The number of para-hydroxylation sites is 2. The number of hydrogen-bond acceptors (Lipinski definition) is 4. The Labute approximate surface area is 178 Å². The Morgan fingerprint density at radius 2 is 1.40 bits per heavy atom. The Balaban J connectivity index is 1.69. The molecule has 30 heavy (non-hydrogen) atoms. The Hall–Kier alpha value is -3.20. The van der Waals surface area contributed by atoms with Gasteiger partial charge in [0, 0.05) is 10.6 Å².